The minimum Gasteiger partial charge on any atom is -0.438 e. The van der Waals surface area contributed by atoms with Crippen LogP contribution in [0, 0.1) is 0 Å². The molecule has 0 atom stereocenters. The van der Waals surface area contributed by atoms with Crippen LogP contribution < -0.4 is 5.32 Å². The minimum atomic E-state index is -1.82. The van der Waals surface area contributed by atoms with Crippen LogP contribution in [-0.2, 0) is 47.0 Å². The van der Waals surface area contributed by atoms with E-state index in [2.05, 4.69) is 20.7 Å². The lowest BCUT2D eigenvalue weighted by Crippen LogP contribution is -2.12. The highest BCUT2D eigenvalue weighted by atomic mass is 32.2. The first-order chi connectivity index (χ1) is 13.5. The fraction of sp³-hybridized carbons (Fsp3) is 0.429. The molecule has 0 saturated heterocycles. The number of hydrogen-bond acceptors (Lipinski definition) is 5. The van der Waals surface area contributed by atoms with Gasteiger partial charge in [-0.1, -0.05) is 18.2 Å². The summed E-state index contributed by atoms with van der Waals surface area (Å²) in [4.78, 5) is 18.7. The number of pyridine rings is 1. The number of carbonyl (C=O) groups is 1. The molecular formula is C21H25N4O2S-. The van der Waals surface area contributed by atoms with E-state index in [1.165, 1.54) is 22.3 Å². The molecule has 0 aliphatic heterocycles. The van der Waals surface area contributed by atoms with E-state index < -0.39 is 16.6 Å². The summed E-state index contributed by atoms with van der Waals surface area (Å²) in [7, 11) is 2.13. The summed E-state index contributed by atoms with van der Waals surface area (Å²) >= 11 is 0. The molecule has 1 N–H and O–H groups in total. The molecule has 0 unspecified atom stereocenters. The number of anilines is 1. The highest BCUT2D eigenvalue weighted by molar-refractivity contribution is 7.75. The molecule has 7 heteroatoms. The molecular weight excluding hydrogens is 372 g/mol. The van der Waals surface area contributed by atoms with E-state index in [0.717, 1.165) is 56.3 Å². The molecule has 148 valence electrons. The van der Waals surface area contributed by atoms with Gasteiger partial charge in [-0.15, -0.1) is 10.6 Å². The molecule has 0 fully saturated rings. The Balaban J connectivity index is 1.54. The Morgan fingerprint density at radius 2 is 1.82 bits per heavy atom. The van der Waals surface area contributed by atoms with Crippen molar-refractivity contribution in [2.24, 2.45) is 4.36 Å². The molecule has 28 heavy (non-hydrogen) atoms. The van der Waals surface area contributed by atoms with Gasteiger partial charge in [0, 0.05) is 18.4 Å². The number of nitrogens with zero attached hydrogens (tertiary/aromatic N) is 3. The van der Waals surface area contributed by atoms with Crippen molar-refractivity contribution in [2.75, 3.05) is 19.4 Å². The van der Waals surface area contributed by atoms with Crippen LogP contribution in [-0.4, -0.2) is 30.0 Å². The van der Waals surface area contributed by atoms with E-state index in [1.807, 2.05) is 25.1 Å². The first kappa shape index (κ1) is 19.1. The lowest BCUT2D eigenvalue weighted by atomic mass is 9.99. The molecule has 2 amide bonds. The van der Waals surface area contributed by atoms with E-state index in [-0.39, 0.29) is 0 Å². The second-order valence-electron chi connectivity index (χ2n) is 7.75. The van der Waals surface area contributed by atoms with Crippen LogP contribution in [0.4, 0.5) is 10.5 Å². The summed E-state index contributed by atoms with van der Waals surface area (Å²) in [5.41, 5.74) is 7.10. The lowest BCUT2D eigenvalue weighted by molar-refractivity contribution is 0.260. The van der Waals surface area contributed by atoms with Crippen molar-refractivity contribution < 1.29 is 9.00 Å². The average Bonchev–Trinajstić information content (AvgIpc) is 3.30. The molecule has 2 aromatic rings. The summed E-state index contributed by atoms with van der Waals surface area (Å²) in [6, 6.07) is 5.29. The number of carbonyl (C=O) groups excluding carboxylic acids is 1. The Bertz CT molecular complexity index is 960. The Kier molecular flexibility index (Phi) is 5.46. The van der Waals surface area contributed by atoms with E-state index in [1.54, 1.807) is 12.3 Å². The monoisotopic (exact) mass is 397 g/mol. The van der Waals surface area contributed by atoms with Crippen LogP contribution in [0.25, 0.3) is 0 Å². The van der Waals surface area contributed by atoms with Gasteiger partial charge < -0.3 is 18.8 Å². The van der Waals surface area contributed by atoms with Crippen LogP contribution in [0.1, 0.15) is 40.7 Å². The first-order valence-corrected chi connectivity index (χ1v) is 10.8. The SMILES string of the molecule is CN(C)Cc1ccc([S-](=O)=NC(=O)Nc2c3c(cc4c2CCC4)CCC3)nc1. The van der Waals surface area contributed by atoms with Gasteiger partial charge in [0.1, 0.15) is 0 Å². The molecule has 1 heterocycles. The lowest BCUT2D eigenvalue weighted by Gasteiger charge is -2.15. The van der Waals surface area contributed by atoms with Crippen LogP contribution in [0.3, 0.4) is 0 Å². The molecule has 1 aromatic heterocycles. The number of urea groups is 1. The number of aryl methyl sites for hydroxylation is 2. The summed E-state index contributed by atoms with van der Waals surface area (Å²) in [5, 5.41) is 3.24. The maximum atomic E-state index is 12.5. The van der Waals surface area contributed by atoms with E-state index >= 15 is 0 Å². The smallest absolute Gasteiger partial charge is 0.322 e. The molecule has 0 saturated carbocycles. The van der Waals surface area contributed by atoms with Gasteiger partial charge in [0.05, 0.1) is 0 Å². The zero-order valence-electron chi connectivity index (χ0n) is 16.3. The molecule has 2 aliphatic carbocycles. The van der Waals surface area contributed by atoms with Gasteiger partial charge >= 0.3 is 6.03 Å². The van der Waals surface area contributed by atoms with Crippen molar-refractivity contribution in [1.82, 2.24) is 9.88 Å². The second kappa shape index (κ2) is 8.01. The van der Waals surface area contributed by atoms with Crippen molar-refractivity contribution >= 4 is 22.3 Å². The van der Waals surface area contributed by atoms with E-state index in [0.29, 0.717) is 5.03 Å². The molecule has 1 aromatic carbocycles. The number of fused-ring (bicyclic) bond motifs is 2. The number of rotatable bonds is 4. The quantitative estimate of drug-likeness (QED) is 0.795. The molecule has 0 bridgehead atoms. The average molecular weight is 398 g/mol. The third-order valence-electron chi connectivity index (χ3n) is 5.35. The number of amides is 2. The maximum absolute atomic E-state index is 12.5. The highest BCUT2D eigenvalue weighted by Gasteiger charge is 2.24. The number of aromatic nitrogens is 1. The Morgan fingerprint density at radius 3 is 2.39 bits per heavy atom. The molecule has 4 rings (SSSR count). The molecule has 2 aliphatic rings. The van der Waals surface area contributed by atoms with Crippen molar-refractivity contribution in [3.05, 3.63) is 52.2 Å². The van der Waals surface area contributed by atoms with Gasteiger partial charge in [0.2, 0.25) is 0 Å². The topological polar surface area (TPSA) is 74.7 Å². The molecule has 0 spiro atoms. The van der Waals surface area contributed by atoms with Crippen LogP contribution in [0.15, 0.2) is 33.8 Å². The standard InChI is InChI=1S/C21H25N4O2S/c1-25(2)13-14-9-10-19(22-12-14)28(27)24-21(26)23-20-17-7-3-5-15(17)11-16-6-4-8-18(16)20/h9-12H,3-8,13H2,1-2H3,(H,23,26)/q-1. The van der Waals surface area contributed by atoms with Gasteiger partial charge in [-0.2, -0.15) is 0 Å². The van der Waals surface area contributed by atoms with E-state index in [4.69, 9.17) is 0 Å². The fourth-order valence-electron chi connectivity index (χ4n) is 4.19. The third kappa shape index (κ3) is 3.95. The normalized spacial score (nSPS) is 16.2. The zero-order chi connectivity index (χ0) is 19.7. The number of hydrogen-bond donors (Lipinski definition) is 1. The van der Waals surface area contributed by atoms with Crippen LogP contribution in [0.2, 0.25) is 0 Å². The molecule has 0 radical (unpaired) electrons. The zero-order valence-corrected chi connectivity index (χ0v) is 17.1. The minimum absolute atomic E-state index is 0.293. The Hall–Kier alpha value is -2.25. The number of benzene rings is 1. The van der Waals surface area contributed by atoms with Crippen molar-refractivity contribution in [1.29, 1.82) is 0 Å². The van der Waals surface area contributed by atoms with Gasteiger partial charge in [0.25, 0.3) is 0 Å². The van der Waals surface area contributed by atoms with Crippen LogP contribution in [0.5, 0.6) is 0 Å². The van der Waals surface area contributed by atoms with Crippen molar-refractivity contribution in [3.8, 4) is 0 Å². The summed E-state index contributed by atoms with van der Waals surface area (Å²) in [6.07, 6.45) is 8.01. The van der Waals surface area contributed by atoms with Gasteiger partial charge in [-0.25, -0.2) is 4.79 Å². The van der Waals surface area contributed by atoms with Gasteiger partial charge in [-0.3, -0.25) is 4.98 Å². The Morgan fingerprint density at radius 1 is 1.14 bits per heavy atom. The predicted octanol–water partition coefficient (Wildman–Crippen LogP) is 3.86. The first-order valence-electron chi connectivity index (χ1n) is 9.72. The molecule has 6 nitrogen and oxygen atoms in total. The second-order valence-corrected chi connectivity index (χ2v) is 8.85. The number of nitrogens with one attached hydrogen (secondary N) is 1. The van der Waals surface area contributed by atoms with Crippen molar-refractivity contribution in [2.45, 2.75) is 50.1 Å². The van der Waals surface area contributed by atoms with Crippen LogP contribution >= 0.6 is 0 Å². The van der Waals surface area contributed by atoms with E-state index in [9.17, 15) is 9.00 Å². The Labute approximate surface area is 167 Å². The third-order valence-corrected chi connectivity index (χ3v) is 6.28. The summed E-state index contributed by atoms with van der Waals surface area (Å²) < 4.78 is 16.3. The van der Waals surface area contributed by atoms with Gasteiger partial charge in [-0.05, 0) is 85.5 Å². The van der Waals surface area contributed by atoms with Gasteiger partial charge in [0.15, 0.2) is 0 Å². The fourth-order valence-corrected chi connectivity index (χ4v) is 4.81. The maximum Gasteiger partial charge on any atom is 0.322 e. The highest BCUT2D eigenvalue weighted by Crippen LogP contribution is 2.38. The summed E-state index contributed by atoms with van der Waals surface area (Å²) in [6.45, 7) is 0.752. The predicted molar refractivity (Wildman–Crippen MR) is 110 cm³/mol. The largest absolute Gasteiger partial charge is 0.438 e. The summed E-state index contributed by atoms with van der Waals surface area (Å²) in [5.74, 6) is 0. The van der Waals surface area contributed by atoms with Crippen molar-refractivity contribution in [3.63, 3.8) is 0 Å².